The van der Waals surface area contributed by atoms with E-state index in [0.717, 1.165) is 0 Å². The normalized spacial score (nSPS) is 20.9. The summed E-state index contributed by atoms with van der Waals surface area (Å²) < 4.78 is 38.2. The van der Waals surface area contributed by atoms with Crippen molar-refractivity contribution in [3.8, 4) is 0 Å². The quantitative estimate of drug-likeness (QED) is 0.713. The molecule has 0 aromatic heterocycles. The van der Waals surface area contributed by atoms with Gasteiger partial charge in [0, 0.05) is 26.2 Å². The summed E-state index contributed by atoms with van der Waals surface area (Å²) in [4.78, 5) is 0. The lowest BCUT2D eigenvalue weighted by Gasteiger charge is -2.35. The van der Waals surface area contributed by atoms with E-state index in [-0.39, 0.29) is 13.1 Å². The minimum absolute atomic E-state index is 0.146. The van der Waals surface area contributed by atoms with Gasteiger partial charge in [0.2, 0.25) is 10.0 Å². The molecule has 1 fully saturated rings. The fourth-order valence-corrected chi connectivity index (χ4v) is 3.36. The van der Waals surface area contributed by atoms with Crippen LogP contribution >= 0.6 is 0 Å². The summed E-state index contributed by atoms with van der Waals surface area (Å²) >= 11 is 0. The van der Waals surface area contributed by atoms with E-state index in [0.29, 0.717) is 13.1 Å². The summed E-state index contributed by atoms with van der Waals surface area (Å²) in [6, 6.07) is 0. The topological polar surface area (TPSA) is 49.4 Å². The highest BCUT2D eigenvalue weighted by molar-refractivity contribution is 7.89. The SMILES string of the molecule is CCN(CC)S(=O)(=O)CC1(F)CNC1. The van der Waals surface area contributed by atoms with Gasteiger partial charge in [0.05, 0.1) is 0 Å². The Labute approximate surface area is 84.5 Å². The third kappa shape index (κ3) is 2.43. The molecule has 0 atom stereocenters. The molecule has 14 heavy (non-hydrogen) atoms. The molecule has 0 aromatic rings. The Morgan fingerprint density at radius 1 is 1.36 bits per heavy atom. The van der Waals surface area contributed by atoms with Crippen molar-refractivity contribution in [3.05, 3.63) is 0 Å². The van der Waals surface area contributed by atoms with E-state index in [2.05, 4.69) is 5.32 Å². The van der Waals surface area contributed by atoms with Crippen LogP contribution in [0.2, 0.25) is 0 Å². The smallest absolute Gasteiger partial charge is 0.217 e. The first-order valence-electron chi connectivity index (χ1n) is 4.81. The molecule has 1 rings (SSSR count). The predicted molar refractivity (Wildman–Crippen MR) is 53.4 cm³/mol. The van der Waals surface area contributed by atoms with Gasteiger partial charge in [-0.1, -0.05) is 13.8 Å². The Balaban J connectivity index is 2.65. The van der Waals surface area contributed by atoms with E-state index in [9.17, 15) is 12.8 Å². The molecule has 4 nitrogen and oxygen atoms in total. The second-order valence-electron chi connectivity index (χ2n) is 3.59. The molecule has 0 unspecified atom stereocenters. The van der Waals surface area contributed by atoms with Gasteiger partial charge in [-0.2, -0.15) is 0 Å². The van der Waals surface area contributed by atoms with Crippen LogP contribution in [0.1, 0.15) is 13.8 Å². The summed E-state index contributed by atoms with van der Waals surface area (Å²) in [7, 11) is -3.42. The fraction of sp³-hybridized carbons (Fsp3) is 1.00. The van der Waals surface area contributed by atoms with Gasteiger partial charge in [-0.15, -0.1) is 0 Å². The van der Waals surface area contributed by atoms with Gasteiger partial charge in [0.1, 0.15) is 5.75 Å². The highest BCUT2D eigenvalue weighted by atomic mass is 32.2. The van der Waals surface area contributed by atoms with Gasteiger partial charge in [-0.25, -0.2) is 17.1 Å². The number of sulfonamides is 1. The predicted octanol–water partition coefficient (Wildman–Crippen LogP) is -0.0305. The average molecular weight is 224 g/mol. The van der Waals surface area contributed by atoms with Crippen molar-refractivity contribution in [1.29, 1.82) is 0 Å². The van der Waals surface area contributed by atoms with Crippen LogP contribution in [-0.2, 0) is 10.0 Å². The van der Waals surface area contributed by atoms with Crippen LogP contribution in [-0.4, -0.2) is 50.3 Å². The average Bonchev–Trinajstić information content (AvgIpc) is 2.02. The summed E-state index contributed by atoms with van der Waals surface area (Å²) in [6.07, 6.45) is 0. The third-order valence-corrected chi connectivity index (χ3v) is 4.61. The maximum atomic E-state index is 13.6. The lowest BCUT2D eigenvalue weighted by molar-refractivity contribution is 0.115. The molecular formula is C8H17FN2O2S. The lowest BCUT2D eigenvalue weighted by atomic mass is 10.0. The van der Waals surface area contributed by atoms with Gasteiger partial charge >= 0.3 is 0 Å². The maximum absolute atomic E-state index is 13.6. The summed E-state index contributed by atoms with van der Waals surface area (Å²) in [5.41, 5.74) is -1.55. The van der Waals surface area contributed by atoms with Gasteiger partial charge in [0.15, 0.2) is 5.67 Å². The lowest BCUT2D eigenvalue weighted by Crippen LogP contribution is -2.61. The first-order valence-corrected chi connectivity index (χ1v) is 6.42. The van der Waals surface area contributed by atoms with E-state index >= 15 is 0 Å². The minimum Gasteiger partial charge on any atom is -0.310 e. The molecule has 0 bridgehead atoms. The molecule has 0 aliphatic carbocycles. The number of halogens is 1. The second-order valence-corrected chi connectivity index (χ2v) is 5.56. The van der Waals surface area contributed by atoms with Crippen molar-refractivity contribution >= 4 is 10.0 Å². The van der Waals surface area contributed by atoms with E-state index in [4.69, 9.17) is 0 Å². The fourth-order valence-electron chi connectivity index (χ4n) is 1.53. The van der Waals surface area contributed by atoms with Crippen LogP contribution in [0, 0.1) is 0 Å². The Morgan fingerprint density at radius 2 is 1.86 bits per heavy atom. The van der Waals surface area contributed by atoms with Gasteiger partial charge in [0.25, 0.3) is 0 Å². The van der Waals surface area contributed by atoms with Crippen molar-refractivity contribution in [2.75, 3.05) is 31.9 Å². The van der Waals surface area contributed by atoms with Crippen LogP contribution in [0.5, 0.6) is 0 Å². The first kappa shape index (κ1) is 11.9. The Bertz CT molecular complexity index is 284. The number of nitrogens with zero attached hydrogens (tertiary/aromatic N) is 1. The van der Waals surface area contributed by atoms with Crippen molar-refractivity contribution in [1.82, 2.24) is 9.62 Å². The molecule has 0 amide bonds. The van der Waals surface area contributed by atoms with E-state index < -0.39 is 21.4 Å². The Hall–Kier alpha value is -0.200. The van der Waals surface area contributed by atoms with Crippen LogP contribution in [0.15, 0.2) is 0 Å². The van der Waals surface area contributed by atoms with Crippen molar-refractivity contribution < 1.29 is 12.8 Å². The number of alkyl halides is 1. The van der Waals surface area contributed by atoms with Crippen LogP contribution < -0.4 is 5.32 Å². The Kier molecular flexibility index (Phi) is 3.49. The number of hydrogen-bond acceptors (Lipinski definition) is 3. The zero-order valence-electron chi connectivity index (χ0n) is 8.59. The molecule has 0 aromatic carbocycles. The molecule has 1 aliphatic heterocycles. The highest BCUT2D eigenvalue weighted by Gasteiger charge is 2.42. The summed E-state index contributed by atoms with van der Waals surface area (Å²) in [6.45, 7) is 4.61. The number of hydrogen-bond donors (Lipinski definition) is 1. The summed E-state index contributed by atoms with van der Waals surface area (Å²) in [5.74, 6) is -0.394. The third-order valence-electron chi connectivity index (χ3n) is 2.42. The van der Waals surface area contributed by atoms with Crippen molar-refractivity contribution in [2.45, 2.75) is 19.5 Å². The minimum atomic E-state index is -3.42. The zero-order valence-corrected chi connectivity index (χ0v) is 9.40. The molecule has 6 heteroatoms. The largest absolute Gasteiger partial charge is 0.310 e. The number of rotatable bonds is 5. The molecule has 1 heterocycles. The molecular weight excluding hydrogens is 207 g/mol. The molecule has 1 saturated heterocycles. The highest BCUT2D eigenvalue weighted by Crippen LogP contribution is 2.20. The van der Waals surface area contributed by atoms with Crippen LogP contribution in [0.4, 0.5) is 4.39 Å². The number of nitrogens with one attached hydrogen (secondary N) is 1. The van der Waals surface area contributed by atoms with Crippen molar-refractivity contribution in [3.63, 3.8) is 0 Å². The standard InChI is InChI=1S/C8H17FN2O2S/c1-3-11(4-2)14(12,13)7-8(9)5-10-6-8/h10H,3-7H2,1-2H3. The molecule has 1 N–H and O–H groups in total. The van der Waals surface area contributed by atoms with Crippen molar-refractivity contribution in [2.24, 2.45) is 0 Å². The monoisotopic (exact) mass is 224 g/mol. The van der Waals surface area contributed by atoms with Gasteiger partial charge < -0.3 is 5.32 Å². The molecule has 0 radical (unpaired) electrons. The second kappa shape index (κ2) is 4.12. The Morgan fingerprint density at radius 3 is 2.14 bits per heavy atom. The molecule has 0 saturated carbocycles. The van der Waals surface area contributed by atoms with Crippen LogP contribution in [0.3, 0.4) is 0 Å². The zero-order chi connectivity index (χ0) is 10.8. The molecule has 1 aliphatic rings. The first-order chi connectivity index (χ1) is 6.43. The van der Waals surface area contributed by atoms with E-state index in [1.54, 1.807) is 13.8 Å². The van der Waals surface area contributed by atoms with Crippen LogP contribution in [0.25, 0.3) is 0 Å². The summed E-state index contributed by atoms with van der Waals surface area (Å²) in [5, 5.41) is 2.74. The van der Waals surface area contributed by atoms with E-state index in [1.165, 1.54) is 4.31 Å². The van der Waals surface area contributed by atoms with Gasteiger partial charge in [-0.3, -0.25) is 0 Å². The maximum Gasteiger partial charge on any atom is 0.217 e. The molecule has 84 valence electrons. The van der Waals surface area contributed by atoms with E-state index in [1.807, 2.05) is 0 Å². The molecule has 0 spiro atoms. The van der Waals surface area contributed by atoms with Gasteiger partial charge in [-0.05, 0) is 0 Å².